The molecule has 3 heteroatoms. The number of pyridine rings is 1. The van der Waals surface area contributed by atoms with E-state index in [1.165, 1.54) is 0 Å². The van der Waals surface area contributed by atoms with Crippen LogP contribution in [0.3, 0.4) is 0 Å². The molecule has 0 aliphatic carbocycles. The lowest BCUT2D eigenvalue weighted by Crippen LogP contribution is -2.29. The SMILES string of the molecule is COCCC(C)NCCc1ccccn1. The zero-order valence-electron chi connectivity index (χ0n) is 9.57. The molecule has 0 fully saturated rings. The van der Waals surface area contributed by atoms with Crippen molar-refractivity contribution < 1.29 is 4.74 Å². The molecule has 0 saturated carbocycles. The van der Waals surface area contributed by atoms with Crippen LogP contribution in [0, 0.1) is 0 Å². The average Bonchev–Trinajstić information content (AvgIpc) is 2.28. The second-order valence-electron chi connectivity index (χ2n) is 3.71. The predicted octanol–water partition coefficient (Wildman–Crippen LogP) is 1.64. The maximum absolute atomic E-state index is 5.02. The van der Waals surface area contributed by atoms with Gasteiger partial charge in [-0.25, -0.2) is 0 Å². The molecule has 1 aromatic heterocycles. The molecule has 1 rings (SSSR count). The lowest BCUT2D eigenvalue weighted by atomic mass is 10.2. The first-order valence-electron chi connectivity index (χ1n) is 5.45. The quantitative estimate of drug-likeness (QED) is 0.739. The van der Waals surface area contributed by atoms with Crippen molar-refractivity contribution >= 4 is 0 Å². The number of ether oxygens (including phenoxy) is 1. The largest absolute Gasteiger partial charge is 0.385 e. The lowest BCUT2D eigenvalue weighted by Gasteiger charge is -2.12. The fourth-order valence-corrected chi connectivity index (χ4v) is 1.39. The summed E-state index contributed by atoms with van der Waals surface area (Å²) in [5, 5.41) is 3.45. The summed E-state index contributed by atoms with van der Waals surface area (Å²) >= 11 is 0. The molecule has 0 saturated heterocycles. The Hall–Kier alpha value is -0.930. The number of hydrogen-bond acceptors (Lipinski definition) is 3. The smallest absolute Gasteiger partial charge is 0.0476 e. The highest BCUT2D eigenvalue weighted by Crippen LogP contribution is 1.95. The summed E-state index contributed by atoms with van der Waals surface area (Å²) in [5.41, 5.74) is 1.14. The van der Waals surface area contributed by atoms with Crippen molar-refractivity contribution in [3.8, 4) is 0 Å². The molecule has 3 nitrogen and oxygen atoms in total. The van der Waals surface area contributed by atoms with Crippen LogP contribution >= 0.6 is 0 Å². The van der Waals surface area contributed by atoms with Crippen LogP contribution in [0.5, 0.6) is 0 Å². The van der Waals surface area contributed by atoms with Gasteiger partial charge in [0.25, 0.3) is 0 Å². The molecule has 0 radical (unpaired) electrons. The number of aromatic nitrogens is 1. The van der Waals surface area contributed by atoms with Gasteiger partial charge in [-0.15, -0.1) is 0 Å². The van der Waals surface area contributed by atoms with Gasteiger partial charge in [0.1, 0.15) is 0 Å². The summed E-state index contributed by atoms with van der Waals surface area (Å²) in [4.78, 5) is 4.27. The van der Waals surface area contributed by atoms with Crippen LogP contribution < -0.4 is 5.32 Å². The Morgan fingerprint density at radius 1 is 1.47 bits per heavy atom. The molecule has 1 N–H and O–H groups in total. The zero-order chi connectivity index (χ0) is 10.9. The summed E-state index contributed by atoms with van der Waals surface area (Å²) in [6, 6.07) is 6.53. The van der Waals surface area contributed by atoms with Crippen molar-refractivity contribution in [2.75, 3.05) is 20.3 Å². The Bertz CT molecular complexity index is 251. The Morgan fingerprint density at radius 2 is 2.33 bits per heavy atom. The highest BCUT2D eigenvalue weighted by atomic mass is 16.5. The number of hydrogen-bond donors (Lipinski definition) is 1. The third-order valence-electron chi connectivity index (χ3n) is 2.36. The number of nitrogens with one attached hydrogen (secondary N) is 1. The van der Waals surface area contributed by atoms with E-state index in [0.717, 1.165) is 31.7 Å². The first kappa shape index (κ1) is 12.1. The first-order valence-corrected chi connectivity index (χ1v) is 5.45. The Labute approximate surface area is 91.9 Å². The lowest BCUT2D eigenvalue weighted by molar-refractivity contribution is 0.185. The Morgan fingerprint density at radius 3 is 3.00 bits per heavy atom. The molecule has 1 atom stereocenters. The second-order valence-corrected chi connectivity index (χ2v) is 3.71. The number of nitrogens with zero attached hydrogens (tertiary/aromatic N) is 1. The van der Waals surface area contributed by atoms with Crippen LogP contribution in [0.25, 0.3) is 0 Å². The van der Waals surface area contributed by atoms with Gasteiger partial charge in [-0.05, 0) is 25.5 Å². The molecule has 0 bridgehead atoms. The topological polar surface area (TPSA) is 34.1 Å². The minimum Gasteiger partial charge on any atom is -0.385 e. The van der Waals surface area contributed by atoms with Gasteiger partial charge in [-0.1, -0.05) is 6.07 Å². The van der Waals surface area contributed by atoms with Gasteiger partial charge < -0.3 is 10.1 Å². The maximum atomic E-state index is 5.02. The Kier molecular flexibility index (Phi) is 5.97. The van der Waals surface area contributed by atoms with E-state index < -0.39 is 0 Å². The molecule has 0 aliphatic rings. The molecular formula is C12H20N2O. The normalized spacial score (nSPS) is 12.7. The van der Waals surface area contributed by atoms with Crippen LogP contribution in [0.2, 0.25) is 0 Å². The summed E-state index contributed by atoms with van der Waals surface area (Å²) in [6.07, 6.45) is 3.88. The van der Waals surface area contributed by atoms with E-state index in [9.17, 15) is 0 Å². The number of rotatable bonds is 7. The molecule has 1 aromatic rings. The van der Waals surface area contributed by atoms with Crippen LogP contribution in [0.1, 0.15) is 19.0 Å². The van der Waals surface area contributed by atoms with Crippen LogP contribution in [-0.4, -0.2) is 31.3 Å². The van der Waals surface area contributed by atoms with Crippen molar-refractivity contribution in [3.05, 3.63) is 30.1 Å². The van der Waals surface area contributed by atoms with Gasteiger partial charge in [-0.3, -0.25) is 4.98 Å². The van der Waals surface area contributed by atoms with Crippen molar-refractivity contribution in [1.82, 2.24) is 10.3 Å². The van der Waals surface area contributed by atoms with E-state index in [4.69, 9.17) is 4.74 Å². The van der Waals surface area contributed by atoms with Crippen molar-refractivity contribution in [3.63, 3.8) is 0 Å². The van der Waals surface area contributed by atoms with Crippen molar-refractivity contribution in [2.24, 2.45) is 0 Å². The number of methoxy groups -OCH3 is 1. The van der Waals surface area contributed by atoms with Gasteiger partial charge in [0.2, 0.25) is 0 Å². The first-order chi connectivity index (χ1) is 7.33. The van der Waals surface area contributed by atoms with Gasteiger partial charge in [-0.2, -0.15) is 0 Å². The zero-order valence-corrected chi connectivity index (χ0v) is 9.57. The second kappa shape index (κ2) is 7.37. The minimum atomic E-state index is 0.508. The molecule has 1 unspecified atom stereocenters. The molecule has 0 aliphatic heterocycles. The molecule has 0 amide bonds. The monoisotopic (exact) mass is 208 g/mol. The van der Waals surface area contributed by atoms with Gasteiger partial charge in [0.15, 0.2) is 0 Å². The minimum absolute atomic E-state index is 0.508. The van der Waals surface area contributed by atoms with Crippen molar-refractivity contribution in [1.29, 1.82) is 0 Å². The van der Waals surface area contributed by atoms with Crippen LogP contribution in [-0.2, 0) is 11.2 Å². The Balaban J connectivity index is 2.11. The average molecular weight is 208 g/mol. The van der Waals surface area contributed by atoms with Crippen molar-refractivity contribution in [2.45, 2.75) is 25.8 Å². The molecule has 0 spiro atoms. The molecule has 15 heavy (non-hydrogen) atoms. The summed E-state index contributed by atoms with van der Waals surface area (Å²) in [6.45, 7) is 3.97. The van der Waals surface area contributed by atoms with Crippen LogP contribution in [0.4, 0.5) is 0 Å². The molecule has 0 aromatic carbocycles. The fourth-order valence-electron chi connectivity index (χ4n) is 1.39. The third-order valence-corrected chi connectivity index (χ3v) is 2.36. The van der Waals surface area contributed by atoms with Crippen LogP contribution in [0.15, 0.2) is 24.4 Å². The van der Waals surface area contributed by atoms with E-state index >= 15 is 0 Å². The van der Waals surface area contributed by atoms with Gasteiger partial charge in [0.05, 0.1) is 0 Å². The van der Waals surface area contributed by atoms with E-state index in [2.05, 4.69) is 23.3 Å². The third kappa shape index (κ3) is 5.50. The highest BCUT2D eigenvalue weighted by molar-refractivity contribution is 5.03. The maximum Gasteiger partial charge on any atom is 0.0476 e. The predicted molar refractivity (Wildman–Crippen MR) is 61.9 cm³/mol. The molecular weight excluding hydrogens is 188 g/mol. The van der Waals surface area contributed by atoms with E-state index in [1.54, 1.807) is 7.11 Å². The summed E-state index contributed by atoms with van der Waals surface area (Å²) < 4.78 is 5.02. The molecule has 1 heterocycles. The fraction of sp³-hybridized carbons (Fsp3) is 0.583. The highest BCUT2D eigenvalue weighted by Gasteiger charge is 2.00. The summed E-state index contributed by atoms with van der Waals surface area (Å²) in [7, 11) is 1.74. The van der Waals surface area contributed by atoms with E-state index in [0.29, 0.717) is 6.04 Å². The standard InChI is InChI=1S/C12H20N2O/c1-11(7-10-15-2)13-9-6-12-5-3-4-8-14-12/h3-5,8,11,13H,6-7,9-10H2,1-2H3. The summed E-state index contributed by atoms with van der Waals surface area (Å²) in [5.74, 6) is 0. The van der Waals surface area contributed by atoms with Gasteiger partial charge >= 0.3 is 0 Å². The molecule has 84 valence electrons. The van der Waals surface area contributed by atoms with E-state index in [1.807, 2.05) is 18.3 Å². The van der Waals surface area contributed by atoms with Gasteiger partial charge in [0, 0.05) is 44.6 Å². The van der Waals surface area contributed by atoms with E-state index in [-0.39, 0.29) is 0 Å².